The molecule has 1 fully saturated rings. The van der Waals surface area contributed by atoms with Gasteiger partial charge in [-0.3, -0.25) is 19.0 Å². The number of carbonyl (C=O) groups is 2. The number of phenols is 1. The Morgan fingerprint density at radius 3 is 2.71 bits per heavy atom. The van der Waals surface area contributed by atoms with Gasteiger partial charge in [0.1, 0.15) is 34.6 Å². The molecule has 0 unspecified atom stereocenters. The van der Waals surface area contributed by atoms with Gasteiger partial charge < -0.3 is 35.7 Å². The van der Waals surface area contributed by atoms with Gasteiger partial charge in [0.15, 0.2) is 5.82 Å². The highest BCUT2D eigenvalue weighted by Gasteiger charge is 2.28. The van der Waals surface area contributed by atoms with Gasteiger partial charge in [-0.25, -0.2) is 9.37 Å². The van der Waals surface area contributed by atoms with Crippen molar-refractivity contribution in [3.8, 4) is 16.9 Å². The number of hydrogen-bond donors (Lipinski definition) is 4. The van der Waals surface area contributed by atoms with Crippen LogP contribution in [0.25, 0.3) is 22.2 Å². The van der Waals surface area contributed by atoms with Crippen LogP contribution in [0.4, 0.5) is 4.39 Å². The average molecular weight is 618 g/mol. The van der Waals surface area contributed by atoms with Crippen LogP contribution in [0.15, 0.2) is 39.7 Å². The molecule has 0 spiro atoms. The highest BCUT2D eigenvalue weighted by atomic mass is 35.5. The molecular formula is C27H26Cl2FN7O5. The summed E-state index contributed by atoms with van der Waals surface area (Å²) in [5, 5.41) is 16.0. The van der Waals surface area contributed by atoms with E-state index in [1.807, 2.05) is 0 Å². The molecule has 3 aromatic rings. The summed E-state index contributed by atoms with van der Waals surface area (Å²) in [6.45, 7) is 3.03. The minimum atomic E-state index is -1.06. The van der Waals surface area contributed by atoms with Crippen LogP contribution in [0.2, 0.25) is 5.02 Å². The largest absolute Gasteiger partial charge is 0.505 e. The lowest BCUT2D eigenvalue weighted by atomic mass is 10.0. The number of amides is 2. The highest BCUT2D eigenvalue weighted by Crippen LogP contribution is 2.39. The fourth-order valence-electron chi connectivity index (χ4n) is 5.44. The smallest absolute Gasteiger partial charge is 0.263 e. The first-order valence-corrected chi connectivity index (χ1v) is 14.0. The number of dihydropyridines is 1. The molecule has 3 aliphatic rings. The van der Waals surface area contributed by atoms with Gasteiger partial charge in [-0.1, -0.05) is 23.2 Å². The maximum Gasteiger partial charge on any atom is 0.263 e. The monoisotopic (exact) mass is 617 g/mol. The molecule has 2 aromatic heterocycles. The molecule has 2 amide bonds. The number of nitrogens with one attached hydrogen (secondary N) is 2. The lowest BCUT2D eigenvalue weighted by Gasteiger charge is -2.33. The van der Waals surface area contributed by atoms with Gasteiger partial charge in [-0.15, -0.1) is 0 Å². The van der Waals surface area contributed by atoms with E-state index in [1.165, 1.54) is 15.3 Å². The minimum absolute atomic E-state index is 0.0399. The first-order valence-electron chi connectivity index (χ1n) is 13.2. The molecule has 1 aromatic carbocycles. The lowest BCUT2D eigenvalue weighted by Crippen LogP contribution is -2.42. The zero-order chi connectivity index (χ0) is 29.7. The number of carbonyl (C=O) groups excluding carboxylic acids is 2. The van der Waals surface area contributed by atoms with Crippen LogP contribution in [-0.2, 0) is 29.0 Å². The Balaban J connectivity index is 1.40. The predicted molar refractivity (Wildman–Crippen MR) is 152 cm³/mol. The van der Waals surface area contributed by atoms with Gasteiger partial charge in [0.25, 0.3) is 11.5 Å². The van der Waals surface area contributed by atoms with E-state index in [-0.39, 0.29) is 28.7 Å². The average Bonchev–Trinajstić information content (AvgIpc) is 3.59. The van der Waals surface area contributed by atoms with Crippen molar-refractivity contribution in [3.05, 3.63) is 67.5 Å². The second-order valence-corrected chi connectivity index (χ2v) is 11.0. The summed E-state index contributed by atoms with van der Waals surface area (Å²) >= 11 is 12.4. The Bertz CT molecular complexity index is 1770. The molecule has 15 heteroatoms. The number of hydrogen-bond acceptors (Lipinski definition) is 8. The molecule has 12 nitrogen and oxygen atoms in total. The minimum Gasteiger partial charge on any atom is -0.505 e. The molecule has 220 valence electrons. The van der Waals surface area contributed by atoms with Crippen LogP contribution in [0.5, 0.6) is 5.75 Å². The molecule has 0 atom stereocenters. The van der Waals surface area contributed by atoms with Gasteiger partial charge in [0, 0.05) is 49.5 Å². The third kappa shape index (κ3) is 4.86. The predicted octanol–water partition coefficient (Wildman–Crippen LogP) is 1.75. The van der Waals surface area contributed by atoms with E-state index in [4.69, 9.17) is 33.7 Å². The third-order valence-electron chi connectivity index (χ3n) is 7.51. The van der Waals surface area contributed by atoms with Crippen LogP contribution in [-0.4, -0.2) is 68.8 Å². The molecular weight excluding hydrogens is 592 g/mol. The second kappa shape index (κ2) is 11.0. The molecule has 3 aliphatic heterocycles. The standard InChI is InChI=1S/C27H26Cl2FN7O5/c28-16-10-32-19(35-4-6-42-7-5-35)9-17(16)33-20(38)12-36-11-15(13-8-14(25(31)40)24(39)22(29)23(13)30)21-26(36)34-18-2-1-3-37(18)27(21)41/h8-9,11,32,39H,1-7,10,12H2,(H2,31,40)(H,33,38). The van der Waals surface area contributed by atoms with Gasteiger partial charge in [-0.05, 0) is 12.5 Å². The van der Waals surface area contributed by atoms with E-state index in [0.717, 1.165) is 11.9 Å². The number of morpholine rings is 1. The van der Waals surface area contributed by atoms with E-state index in [1.54, 1.807) is 6.08 Å². The van der Waals surface area contributed by atoms with Gasteiger partial charge >= 0.3 is 0 Å². The van der Waals surface area contributed by atoms with Crippen LogP contribution < -0.4 is 21.9 Å². The first-order chi connectivity index (χ1) is 20.1. The number of nitrogens with two attached hydrogens (primary N) is 1. The van der Waals surface area contributed by atoms with Crippen LogP contribution in [0.3, 0.4) is 0 Å². The van der Waals surface area contributed by atoms with E-state index in [2.05, 4.69) is 20.5 Å². The molecule has 0 saturated carbocycles. The molecule has 5 heterocycles. The molecule has 6 rings (SSSR count). The van der Waals surface area contributed by atoms with E-state index in [9.17, 15) is 19.5 Å². The zero-order valence-corrected chi connectivity index (χ0v) is 23.7. The van der Waals surface area contributed by atoms with Crippen molar-refractivity contribution >= 4 is 46.0 Å². The highest BCUT2D eigenvalue weighted by molar-refractivity contribution is 6.33. The van der Waals surface area contributed by atoms with E-state index in [0.29, 0.717) is 68.8 Å². The van der Waals surface area contributed by atoms with Crippen LogP contribution >= 0.6 is 23.2 Å². The number of halogens is 3. The molecule has 0 aliphatic carbocycles. The van der Waals surface area contributed by atoms with E-state index < -0.39 is 39.5 Å². The Labute approximate surface area is 248 Å². The fourth-order valence-corrected chi connectivity index (χ4v) is 5.81. The van der Waals surface area contributed by atoms with Crippen LogP contribution in [0.1, 0.15) is 22.6 Å². The SMILES string of the molecule is NC(=O)c1cc(-c2cn(CC(=O)NC3=C(Cl)CNC(N4CCOCC4)=C3)c3nc4n(c(=O)c23)CCC4)c(F)c(Cl)c1O. The van der Waals surface area contributed by atoms with Crippen molar-refractivity contribution in [1.29, 1.82) is 0 Å². The molecule has 1 saturated heterocycles. The number of nitrogens with zero attached hydrogens (tertiary/aromatic N) is 4. The Morgan fingerprint density at radius 2 is 1.98 bits per heavy atom. The lowest BCUT2D eigenvalue weighted by molar-refractivity contribution is -0.120. The van der Waals surface area contributed by atoms with Crippen molar-refractivity contribution in [3.63, 3.8) is 0 Å². The fraction of sp³-hybridized carbons (Fsp3) is 0.333. The Kier molecular flexibility index (Phi) is 7.33. The molecule has 0 radical (unpaired) electrons. The van der Waals surface area contributed by atoms with Crippen molar-refractivity contribution in [2.24, 2.45) is 5.73 Å². The summed E-state index contributed by atoms with van der Waals surface area (Å²) < 4.78 is 23.8. The van der Waals surface area contributed by atoms with Crippen molar-refractivity contribution < 1.29 is 23.8 Å². The Hall–Kier alpha value is -4.07. The van der Waals surface area contributed by atoms with Gasteiger partial charge in [0.2, 0.25) is 5.91 Å². The summed E-state index contributed by atoms with van der Waals surface area (Å²) in [6, 6.07) is 1.03. The van der Waals surface area contributed by atoms with Gasteiger partial charge in [-0.2, -0.15) is 0 Å². The Morgan fingerprint density at radius 1 is 1.21 bits per heavy atom. The summed E-state index contributed by atoms with van der Waals surface area (Å²) in [5.74, 6) is -2.01. The molecule has 5 N–H and O–H groups in total. The maximum atomic E-state index is 15.4. The third-order valence-corrected chi connectivity index (χ3v) is 8.19. The number of fused-ring (bicyclic) bond motifs is 2. The number of aromatic nitrogens is 3. The normalized spacial score (nSPS) is 16.8. The summed E-state index contributed by atoms with van der Waals surface area (Å²) in [5.41, 5.74) is 4.93. The quantitative estimate of drug-likeness (QED) is 0.326. The number of rotatable bonds is 6. The topological polar surface area (TPSA) is 157 Å². The summed E-state index contributed by atoms with van der Waals surface area (Å²) in [6.07, 6.45) is 4.42. The number of benzene rings is 1. The number of ether oxygens (including phenoxy) is 1. The van der Waals surface area contributed by atoms with Gasteiger partial charge in [0.05, 0.1) is 41.4 Å². The molecule has 0 bridgehead atoms. The zero-order valence-electron chi connectivity index (χ0n) is 22.2. The van der Waals surface area contributed by atoms with Crippen molar-refractivity contribution in [2.75, 3.05) is 32.8 Å². The molecule has 42 heavy (non-hydrogen) atoms. The summed E-state index contributed by atoms with van der Waals surface area (Å²) in [4.78, 5) is 45.6. The number of primary amides is 1. The number of allylic oxidation sites excluding steroid dienone is 1. The van der Waals surface area contributed by atoms with Crippen molar-refractivity contribution in [1.82, 2.24) is 29.7 Å². The summed E-state index contributed by atoms with van der Waals surface area (Å²) in [7, 11) is 0. The number of aryl methyl sites for hydroxylation is 1. The maximum absolute atomic E-state index is 15.4. The van der Waals surface area contributed by atoms with Crippen LogP contribution in [0, 0.1) is 5.82 Å². The number of aromatic hydroxyl groups is 1. The van der Waals surface area contributed by atoms with E-state index >= 15 is 4.39 Å². The van der Waals surface area contributed by atoms with Crippen molar-refractivity contribution in [2.45, 2.75) is 25.9 Å². The second-order valence-electron chi connectivity index (χ2n) is 10.1. The first kappa shape index (κ1) is 28.1.